The lowest BCUT2D eigenvalue weighted by molar-refractivity contribution is -0.121. The van der Waals surface area contributed by atoms with Crippen LogP contribution in [-0.2, 0) is 11.3 Å². The third kappa shape index (κ3) is 5.21. The molecule has 0 aliphatic carbocycles. The van der Waals surface area contributed by atoms with E-state index in [4.69, 9.17) is 13.9 Å². The summed E-state index contributed by atoms with van der Waals surface area (Å²) < 4.78 is 15.9. The molecule has 8 heteroatoms. The van der Waals surface area contributed by atoms with E-state index < -0.39 is 17.1 Å². The first-order valence-electron chi connectivity index (χ1n) is 9.92. The van der Waals surface area contributed by atoms with Gasteiger partial charge in [-0.05, 0) is 42.3 Å². The largest absolute Gasteiger partial charge is 0.504 e. The Hall–Kier alpha value is -3.94. The highest BCUT2D eigenvalue weighted by molar-refractivity contribution is 5.77. The van der Waals surface area contributed by atoms with Crippen molar-refractivity contribution < 1.29 is 28.9 Å². The van der Waals surface area contributed by atoms with Gasteiger partial charge in [-0.3, -0.25) is 9.59 Å². The predicted octanol–water partition coefficient (Wildman–Crippen LogP) is 3.22. The van der Waals surface area contributed by atoms with Gasteiger partial charge in [-0.25, -0.2) is 0 Å². The Balaban J connectivity index is 1.89. The van der Waals surface area contributed by atoms with Crippen molar-refractivity contribution >= 4 is 5.91 Å². The van der Waals surface area contributed by atoms with Crippen LogP contribution in [0.1, 0.15) is 35.0 Å². The van der Waals surface area contributed by atoms with Crippen LogP contribution in [0.15, 0.2) is 57.7 Å². The molecule has 32 heavy (non-hydrogen) atoms. The third-order valence-corrected chi connectivity index (χ3v) is 5.03. The maximum Gasteiger partial charge on any atom is 0.227 e. The molecule has 3 rings (SSSR count). The Labute approximate surface area is 185 Å². The quantitative estimate of drug-likeness (QED) is 0.493. The molecule has 2 aromatic carbocycles. The molecule has 168 valence electrons. The number of methoxy groups -OCH3 is 2. The topological polar surface area (TPSA) is 118 Å². The molecule has 0 bridgehead atoms. The van der Waals surface area contributed by atoms with Gasteiger partial charge in [0.1, 0.15) is 11.5 Å². The number of ether oxygens (including phenoxy) is 2. The van der Waals surface area contributed by atoms with Gasteiger partial charge in [0.15, 0.2) is 17.3 Å². The monoisotopic (exact) mass is 439 g/mol. The number of nitrogens with one attached hydrogen (secondary N) is 1. The van der Waals surface area contributed by atoms with Gasteiger partial charge in [0.05, 0.1) is 20.1 Å². The van der Waals surface area contributed by atoms with Gasteiger partial charge in [-0.15, -0.1) is 0 Å². The van der Waals surface area contributed by atoms with Crippen molar-refractivity contribution in [3.63, 3.8) is 0 Å². The van der Waals surface area contributed by atoms with Crippen molar-refractivity contribution in [2.24, 2.45) is 0 Å². The summed E-state index contributed by atoms with van der Waals surface area (Å²) in [5.74, 6) is -0.551. The number of hydrogen-bond donors (Lipinski definition) is 3. The van der Waals surface area contributed by atoms with Crippen molar-refractivity contribution in [1.82, 2.24) is 5.32 Å². The maximum atomic E-state index is 12.8. The van der Waals surface area contributed by atoms with Gasteiger partial charge >= 0.3 is 0 Å². The first kappa shape index (κ1) is 22.7. The number of aromatic hydroxyl groups is 2. The van der Waals surface area contributed by atoms with Gasteiger partial charge < -0.3 is 29.4 Å². The minimum Gasteiger partial charge on any atom is -0.504 e. The Kier molecular flexibility index (Phi) is 7.04. The summed E-state index contributed by atoms with van der Waals surface area (Å²) in [6.07, 6.45) is -0.107. The molecule has 1 heterocycles. The summed E-state index contributed by atoms with van der Waals surface area (Å²) in [6.45, 7) is 1.88. The lowest BCUT2D eigenvalue weighted by atomic mass is 9.91. The molecule has 0 aliphatic rings. The molecule has 3 aromatic rings. The van der Waals surface area contributed by atoms with E-state index in [1.165, 1.54) is 19.2 Å². The van der Waals surface area contributed by atoms with E-state index >= 15 is 0 Å². The Morgan fingerprint density at radius 2 is 1.78 bits per heavy atom. The van der Waals surface area contributed by atoms with Crippen molar-refractivity contribution in [3.8, 4) is 23.0 Å². The molecular weight excluding hydrogens is 414 g/mol. The number of amides is 1. The second-order valence-corrected chi connectivity index (χ2v) is 7.25. The van der Waals surface area contributed by atoms with Crippen LogP contribution in [0.25, 0.3) is 0 Å². The molecular formula is C24H25NO7. The molecule has 0 radical (unpaired) electrons. The highest BCUT2D eigenvalue weighted by Gasteiger charge is 2.26. The minimum absolute atomic E-state index is 0.0256. The van der Waals surface area contributed by atoms with Crippen LogP contribution in [0.5, 0.6) is 23.0 Å². The van der Waals surface area contributed by atoms with E-state index in [1.807, 2.05) is 12.1 Å². The number of hydrogen-bond acceptors (Lipinski definition) is 7. The number of phenolic OH excluding ortho intramolecular Hbond substituents is 1. The zero-order chi connectivity index (χ0) is 23.3. The second kappa shape index (κ2) is 9.91. The van der Waals surface area contributed by atoms with Crippen LogP contribution in [-0.4, -0.2) is 30.3 Å². The number of rotatable bonds is 8. The van der Waals surface area contributed by atoms with Gasteiger partial charge in [-0.2, -0.15) is 0 Å². The molecule has 0 saturated carbocycles. The van der Waals surface area contributed by atoms with E-state index in [-0.39, 0.29) is 36.1 Å². The van der Waals surface area contributed by atoms with Gasteiger partial charge in [-0.1, -0.05) is 18.2 Å². The smallest absolute Gasteiger partial charge is 0.227 e. The van der Waals surface area contributed by atoms with Crippen LogP contribution in [0.3, 0.4) is 0 Å². The number of phenols is 1. The van der Waals surface area contributed by atoms with E-state index in [9.17, 15) is 19.8 Å². The standard InChI is InChI=1S/C24H25NO7/c1-14-10-20(27)23(29)24(32-14)18(16-6-9-19(26)21(11-16)31-3)12-22(28)25-13-15-4-7-17(30-2)8-5-15/h4-11,18,26,29H,12-13H2,1-3H3,(H,25,28)/t18-/m0/s1. The van der Waals surface area contributed by atoms with Crippen LogP contribution in [0.4, 0.5) is 0 Å². The lowest BCUT2D eigenvalue weighted by Crippen LogP contribution is -2.25. The highest BCUT2D eigenvalue weighted by atomic mass is 16.5. The fraction of sp³-hybridized carbons (Fsp3) is 0.250. The Morgan fingerprint density at radius 1 is 1.06 bits per heavy atom. The molecule has 0 aliphatic heterocycles. The van der Waals surface area contributed by atoms with Crippen LogP contribution in [0.2, 0.25) is 0 Å². The second-order valence-electron chi connectivity index (χ2n) is 7.25. The van der Waals surface area contributed by atoms with Crippen LogP contribution < -0.4 is 20.2 Å². The van der Waals surface area contributed by atoms with E-state index in [1.54, 1.807) is 38.3 Å². The highest BCUT2D eigenvalue weighted by Crippen LogP contribution is 2.37. The molecule has 0 spiro atoms. The van der Waals surface area contributed by atoms with Crippen molar-refractivity contribution in [1.29, 1.82) is 0 Å². The van der Waals surface area contributed by atoms with Gasteiger partial charge in [0.25, 0.3) is 0 Å². The normalized spacial score (nSPS) is 11.6. The summed E-state index contributed by atoms with van der Waals surface area (Å²) in [6, 6.07) is 13.0. The number of carbonyl (C=O) groups excluding carboxylic acids is 1. The third-order valence-electron chi connectivity index (χ3n) is 5.03. The summed E-state index contributed by atoms with van der Waals surface area (Å²) in [5.41, 5.74) is 0.813. The summed E-state index contributed by atoms with van der Waals surface area (Å²) >= 11 is 0. The van der Waals surface area contributed by atoms with Gasteiger partial charge in [0.2, 0.25) is 17.1 Å². The summed E-state index contributed by atoms with van der Waals surface area (Å²) in [5, 5.41) is 23.1. The first-order chi connectivity index (χ1) is 15.3. The maximum absolute atomic E-state index is 12.8. The van der Waals surface area contributed by atoms with Gasteiger partial charge in [0, 0.05) is 19.0 Å². The van der Waals surface area contributed by atoms with E-state index in [2.05, 4.69) is 5.32 Å². The zero-order valence-electron chi connectivity index (χ0n) is 18.0. The molecule has 1 aromatic heterocycles. The molecule has 1 amide bonds. The molecule has 1 atom stereocenters. The predicted molar refractivity (Wildman–Crippen MR) is 117 cm³/mol. The van der Waals surface area contributed by atoms with Crippen molar-refractivity contribution in [2.45, 2.75) is 25.8 Å². The fourth-order valence-corrected chi connectivity index (χ4v) is 3.34. The summed E-state index contributed by atoms with van der Waals surface area (Å²) in [7, 11) is 2.98. The average Bonchev–Trinajstić information content (AvgIpc) is 2.79. The average molecular weight is 439 g/mol. The van der Waals surface area contributed by atoms with Crippen LogP contribution >= 0.6 is 0 Å². The fourth-order valence-electron chi connectivity index (χ4n) is 3.34. The summed E-state index contributed by atoms with van der Waals surface area (Å²) in [4.78, 5) is 24.9. The number of carbonyl (C=O) groups is 1. The molecule has 0 saturated heterocycles. The Bertz CT molecular complexity index is 1150. The van der Waals surface area contributed by atoms with Crippen LogP contribution in [0, 0.1) is 6.92 Å². The first-order valence-corrected chi connectivity index (χ1v) is 9.92. The SMILES string of the molecule is COc1ccc(CNC(=O)C[C@@H](c2ccc(O)c(OC)c2)c2oc(C)cc(=O)c2O)cc1. The van der Waals surface area contributed by atoms with E-state index in [0.29, 0.717) is 17.1 Å². The Morgan fingerprint density at radius 3 is 2.44 bits per heavy atom. The van der Waals surface area contributed by atoms with Crippen molar-refractivity contribution in [2.75, 3.05) is 14.2 Å². The minimum atomic E-state index is -0.784. The molecule has 3 N–H and O–H groups in total. The lowest BCUT2D eigenvalue weighted by Gasteiger charge is -2.19. The van der Waals surface area contributed by atoms with Crippen molar-refractivity contribution in [3.05, 3.63) is 81.4 Å². The zero-order valence-corrected chi connectivity index (χ0v) is 18.0. The molecule has 0 unspecified atom stereocenters. The van der Waals surface area contributed by atoms with E-state index in [0.717, 1.165) is 5.56 Å². The molecule has 0 fully saturated rings. The number of benzene rings is 2. The molecule has 8 nitrogen and oxygen atoms in total. The number of aryl methyl sites for hydroxylation is 1.